The lowest BCUT2D eigenvalue weighted by Crippen LogP contribution is -2.62. The highest BCUT2D eigenvalue weighted by atomic mass is 16.3. The number of rotatable bonds is 3. The molecule has 0 atom stereocenters. The largest absolute Gasteiger partial charge is 0.456 e. The zero-order valence-corrected chi connectivity index (χ0v) is 36.5. The fourth-order valence-electron chi connectivity index (χ4n) is 10.8. The highest BCUT2D eigenvalue weighted by Gasteiger charge is 2.47. The van der Waals surface area contributed by atoms with E-state index in [0.717, 1.165) is 34.8 Å². The minimum Gasteiger partial charge on any atom is -0.456 e. The van der Waals surface area contributed by atoms with E-state index in [-0.39, 0.29) is 23.0 Å². The zero-order chi connectivity index (χ0) is 41.5. The molecular formula is C56H53BN2O. The molecule has 4 heteroatoms. The monoisotopic (exact) mass is 780 g/mol. The molecule has 11 rings (SSSR count). The molecule has 1 aliphatic carbocycles. The number of anilines is 6. The molecule has 7 aromatic carbocycles. The summed E-state index contributed by atoms with van der Waals surface area (Å²) < 4.78 is 6.76. The minimum atomic E-state index is -0.0186. The van der Waals surface area contributed by atoms with Gasteiger partial charge in [0.05, 0.1) is 5.69 Å². The zero-order valence-electron chi connectivity index (χ0n) is 36.5. The van der Waals surface area contributed by atoms with Crippen molar-refractivity contribution in [3.63, 3.8) is 0 Å². The Morgan fingerprint density at radius 1 is 0.533 bits per heavy atom. The summed E-state index contributed by atoms with van der Waals surface area (Å²) in [6.07, 6.45) is 2.33. The molecule has 0 amide bonds. The molecule has 0 saturated heterocycles. The van der Waals surface area contributed by atoms with E-state index >= 15 is 0 Å². The van der Waals surface area contributed by atoms with E-state index in [0.29, 0.717) is 0 Å². The van der Waals surface area contributed by atoms with Crippen LogP contribution in [0.3, 0.4) is 0 Å². The lowest BCUT2D eigenvalue weighted by atomic mass is 9.33. The first kappa shape index (κ1) is 37.0. The molecule has 60 heavy (non-hydrogen) atoms. The summed E-state index contributed by atoms with van der Waals surface area (Å²) in [6.45, 7) is 21.3. The van der Waals surface area contributed by atoms with Gasteiger partial charge in [-0.25, -0.2) is 0 Å². The minimum absolute atomic E-state index is 0.0186. The Kier molecular flexibility index (Phi) is 7.87. The fourth-order valence-corrected chi connectivity index (χ4v) is 10.8. The van der Waals surface area contributed by atoms with E-state index in [4.69, 9.17) is 4.42 Å². The second kappa shape index (κ2) is 12.8. The van der Waals surface area contributed by atoms with E-state index in [9.17, 15) is 0 Å². The highest BCUT2D eigenvalue weighted by molar-refractivity contribution is 7.00. The predicted octanol–water partition coefficient (Wildman–Crippen LogP) is 13.6. The first-order chi connectivity index (χ1) is 28.7. The van der Waals surface area contributed by atoms with E-state index < -0.39 is 0 Å². The smallest absolute Gasteiger partial charge is 0.252 e. The highest BCUT2D eigenvalue weighted by Crippen LogP contribution is 2.52. The van der Waals surface area contributed by atoms with Crippen molar-refractivity contribution in [3.8, 4) is 11.1 Å². The molecule has 0 fully saturated rings. The Labute approximate surface area is 355 Å². The molecule has 0 radical (unpaired) electrons. The second-order valence-electron chi connectivity index (χ2n) is 20.2. The summed E-state index contributed by atoms with van der Waals surface area (Å²) in [4.78, 5) is 5.20. The summed E-state index contributed by atoms with van der Waals surface area (Å²) in [5.41, 5.74) is 22.6. The molecule has 3 heterocycles. The van der Waals surface area contributed by atoms with Gasteiger partial charge in [-0.1, -0.05) is 133 Å². The van der Waals surface area contributed by atoms with Crippen LogP contribution in [0.5, 0.6) is 0 Å². The molecule has 296 valence electrons. The van der Waals surface area contributed by atoms with Crippen molar-refractivity contribution in [2.75, 3.05) is 9.80 Å². The van der Waals surface area contributed by atoms with Crippen LogP contribution in [0.4, 0.5) is 34.1 Å². The SMILES string of the molecule is Cc1cc2c3c(c1)N(c1ccccc1-c1ccccc1)c1cc4c(cc1B3c1cc3c(cc1N2c1ccc(C(C)(C)C)cc1C)C(C)(C)CCC3(C)C)oc1ccccc14. The number of aryl methyl sites for hydroxylation is 2. The van der Waals surface area contributed by atoms with Crippen molar-refractivity contribution < 1.29 is 4.42 Å². The maximum atomic E-state index is 6.76. The van der Waals surface area contributed by atoms with Crippen LogP contribution in [0.1, 0.15) is 89.1 Å². The van der Waals surface area contributed by atoms with Crippen molar-refractivity contribution >= 4 is 79.2 Å². The molecule has 2 aliphatic heterocycles. The first-order valence-corrected chi connectivity index (χ1v) is 21.8. The summed E-state index contributed by atoms with van der Waals surface area (Å²) in [7, 11) is 0. The predicted molar refractivity (Wildman–Crippen MR) is 257 cm³/mol. The second-order valence-corrected chi connectivity index (χ2v) is 20.2. The van der Waals surface area contributed by atoms with Crippen LogP contribution in [0.15, 0.2) is 138 Å². The van der Waals surface area contributed by atoms with Crippen molar-refractivity contribution in [1.82, 2.24) is 0 Å². The maximum Gasteiger partial charge on any atom is 0.252 e. The summed E-state index contributed by atoms with van der Waals surface area (Å²) in [5, 5.41) is 2.29. The van der Waals surface area contributed by atoms with Crippen LogP contribution in [-0.2, 0) is 16.2 Å². The van der Waals surface area contributed by atoms with E-state index in [1.807, 2.05) is 0 Å². The van der Waals surface area contributed by atoms with Crippen molar-refractivity contribution in [3.05, 3.63) is 161 Å². The molecule has 0 bridgehead atoms. The Hall–Kier alpha value is -6.00. The van der Waals surface area contributed by atoms with E-state index in [2.05, 4.69) is 206 Å². The number of benzene rings is 7. The van der Waals surface area contributed by atoms with Crippen LogP contribution in [-0.4, -0.2) is 6.71 Å². The van der Waals surface area contributed by atoms with Gasteiger partial charge in [0, 0.05) is 44.8 Å². The normalized spacial score (nSPS) is 16.1. The molecule has 3 nitrogen and oxygen atoms in total. The Balaban J connectivity index is 1.29. The molecule has 8 aromatic rings. The average molecular weight is 781 g/mol. The van der Waals surface area contributed by atoms with E-state index in [1.165, 1.54) is 89.5 Å². The molecule has 0 unspecified atom stereocenters. The van der Waals surface area contributed by atoms with Crippen LogP contribution >= 0.6 is 0 Å². The topological polar surface area (TPSA) is 19.6 Å². The Morgan fingerprint density at radius 2 is 1.15 bits per heavy atom. The molecule has 1 aromatic heterocycles. The van der Waals surface area contributed by atoms with Crippen molar-refractivity contribution in [1.29, 1.82) is 0 Å². The van der Waals surface area contributed by atoms with E-state index in [1.54, 1.807) is 0 Å². The summed E-state index contributed by atoms with van der Waals surface area (Å²) in [5.74, 6) is 0. The Bertz CT molecular complexity index is 3070. The van der Waals surface area contributed by atoms with Crippen LogP contribution in [0.2, 0.25) is 0 Å². The average Bonchev–Trinajstić information content (AvgIpc) is 3.59. The standard InChI is InChI=1S/C56H53BN2O/c1-34-27-49-53-50(28-34)59(46-21-15-13-19-38(46)36-17-11-10-12-18-36)47-30-40-39-20-14-16-22-51(39)60-52(40)33-44(47)57(53)43-31-41-42(56(8,9)26-25-55(41,6)7)32-48(43)58(49)45-24-23-37(29-35(45)2)54(3,4)5/h10-24,27-33H,25-26H2,1-9H3. The quantitative estimate of drug-likeness (QED) is 0.167. The van der Waals surface area contributed by atoms with Gasteiger partial charge in [-0.2, -0.15) is 0 Å². The molecule has 0 spiro atoms. The molecular weight excluding hydrogens is 727 g/mol. The lowest BCUT2D eigenvalue weighted by Gasteiger charge is -2.47. The van der Waals surface area contributed by atoms with Gasteiger partial charge in [0.25, 0.3) is 6.71 Å². The molecule has 3 aliphatic rings. The van der Waals surface area contributed by atoms with Crippen LogP contribution < -0.4 is 26.2 Å². The summed E-state index contributed by atoms with van der Waals surface area (Å²) in [6, 6.07) is 50.4. The first-order valence-electron chi connectivity index (χ1n) is 21.8. The van der Waals surface area contributed by atoms with Crippen LogP contribution in [0, 0.1) is 13.8 Å². The van der Waals surface area contributed by atoms with Gasteiger partial charge in [0.2, 0.25) is 0 Å². The number of para-hydroxylation sites is 2. The van der Waals surface area contributed by atoms with Gasteiger partial charge >= 0.3 is 0 Å². The number of fused-ring (bicyclic) bond motifs is 8. The lowest BCUT2D eigenvalue weighted by molar-refractivity contribution is 0.332. The van der Waals surface area contributed by atoms with Crippen molar-refractivity contribution in [2.24, 2.45) is 0 Å². The number of hydrogen-bond acceptors (Lipinski definition) is 3. The number of nitrogens with zero attached hydrogens (tertiary/aromatic N) is 2. The molecule has 0 saturated carbocycles. The van der Waals surface area contributed by atoms with Gasteiger partial charge in [0.15, 0.2) is 0 Å². The number of furan rings is 1. The fraction of sp³-hybridized carbons (Fsp3) is 0.250. The van der Waals surface area contributed by atoms with Crippen molar-refractivity contribution in [2.45, 2.75) is 91.4 Å². The number of hydrogen-bond donors (Lipinski definition) is 0. The third-order valence-electron chi connectivity index (χ3n) is 14.2. The van der Waals surface area contributed by atoms with Gasteiger partial charge in [-0.3, -0.25) is 0 Å². The Morgan fingerprint density at radius 3 is 1.87 bits per heavy atom. The molecule has 0 N–H and O–H groups in total. The van der Waals surface area contributed by atoms with Gasteiger partial charge in [0.1, 0.15) is 11.2 Å². The third-order valence-corrected chi connectivity index (χ3v) is 14.2. The third kappa shape index (κ3) is 5.42. The van der Waals surface area contributed by atoms with Gasteiger partial charge in [-0.15, -0.1) is 0 Å². The van der Waals surface area contributed by atoms with Gasteiger partial charge < -0.3 is 14.2 Å². The van der Waals surface area contributed by atoms with Gasteiger partial charge in [-0.05, 0) is 141 Å². The summed E-state index contributed by atoms with van der Waals surface area (Å²) >= 11 is 0. The maximum absolute atomic E-state index is 6.76. The van der Waals surface area contributed by atoms with Crippen LogP contribution in [0.25, 0.3) is 33.1 Å².